The second-order valence-electron chi connectivity index (χ2n) is 4.69. The second-order valence-corrected chi connectivity index (χ2v) is 4.69. The molecule has 0 saturated heterocycles. The molecule has 9 nitrogen and oxygen atoms in total. The number of aromatic nitrogens is 7. The summed E-state index contributed by atoms with van der Waals surface area (Å²) in [7, 11) is 0. The van der Waals surface area contributed by atoms with Crippen molar-refractivity contribution in [1.82, 2.24) is 39.9 Å². The van der Waals surface area contributed by atoms with E-state index in [1.807, 2.05) is 6.20 Å². The summed E-state index contributed by atoms with van der Waals surface area (Å²) >= 11 is 0. The van der Waals surface area contributed by atoms with Gasteiger partial charge in [0, 0.05) is 12.6 Å². The van der Waals surface area contributed by atoms with Crippen LogP contribution in [-0.4, -0.2) is 41.1 Å². The van der Waals surface area contributed by atoms with Crippen molar-refractivity contribution in [2.24, 2.45) is 0 Å². The van der Waals surface area contributed by atoms with Crippen LogP contribution in [-0.2, 0) is 13.1 Å². The lowest BCUT2D eigenvalue weighted by Crippen LogP contribution is -2.17. The minimum atomic E-state index is -0.197. The van der Waals surface area contributed by atoms with Crippen molar-refractivity contribution >= 4 is 5.78 Å². The molecule has 2 N–H and O–H groups in total. The van der Waals surface area contributed by atoms with Crippen molar-refractivity contribution in [2.75, 3.05) is 6.54 Å². The molecule has 0 aliphatic rings. The number of nitrogens with one attached hydrogen (secondary N) is 2. The van der Waals surface area contributed by atoms with Crippen molar-refractivity contribution in [3.8, 4) is 0 Å². The number of aromatic amines is 1. The van der Waals surface area contributed by atoms with Crippen molar-refractivity contribution in [1.29, 1.82) is 0 Å². The van der Waals surface area contributed by atoms with Gasteiger partial charge in [-0.25, -0.2) is 14.6 Å². The molecule has 0 unspecified atom stereocenters. The molecule has 0 fully saturated rings. The summed E-state index contributed by atoms with van der Waals surface area (Å²) in [5.41, 5.74) is 1.27. The molecule has 3 aromatic heterocycles. The van der Waals surface area contributed by atoms with E-state index in [0.717, 1.165) is 18.7 Å². The Kier molecular flexibility index (Phi) is 3.73. The summed E-state index contributed by atoms with van der Waals surface area (Å²) in [5, 5.41) is 14.1. The molecule has 3 rings (SSSR count). The molecule has 9 heteroatoms. The Morgan fingerprint density at radius 2 is 2.29 bits per heavy atom. The molecule has 0 aliphatic heterocycles. The molecule has 0 spiro atoms. The van der Waals surface area contributed by atoms with Crippen LogP contribution < -0.4 is 10.9 Å². The van der Waals surface area contributed by atoms with Crippen LogP contribution in [0.5, 0.6) is 0 Å². The van der Waals surface area contributed by atoms with Crippen molar-refractivity contribution in [2.45, 2.75) is 26.4 Å². The third-order valence-electron chi connectivity index (χ3n) is 2.96. The van der Waals surface area contributed by atoms with Gasteiger partial charge in [-0.2, -0.15) is 4.52 Å². The lowest BCUT2D eigenvalue weighted by molar-refractivity contribution is 0.634. The minimum Gasteiger partial charge on any atom is -0.311 e. The van der Waals surface area contributed by atoms with Gasteiger partial charge in [-0.1, -0.05) is 12.1 Å². The third kappa shape index (κ3) is 2.97. The van der Waals surface area contributed by atoms with E-state index in [-0.39, 0.29) is 5.56 Å². The van der Waals surface area contributed by atoms with Crippen LogP contribution in [0, 0.1) is 0 Å². The number of nitrogens with zero attached hydrogens (tertiary/aromatic N) is 6. The zero-order valence-corrected chi connectivity index (χ0v) is 11.7. The summed E-state index contributed by atoms with van der Waals surface area (Å²) in [6.07, 6.45) is 4.35. The quantitative estimate of drug-likeness (QED) is 0.595. The first-order valence-electron chi connectivity index (χ1n) is 6.78. The lowest BCUT2D eigenvalue weighted by atomic mass is 10.4. The number of hydrogen-bond donors (Lipinski definition) is 2. The zero-order valence-electron chi connectivity index (χ0n) is 11.7. The van der Waals surface area contributed by atoms with Crippen molar-refractivity contribution in [3.05, 3.63) is 40.3 Å². The SMILES string of the molecule is CCCNCc1cn(Cc2cc(=O)n3[nH]cnc3n2)nn1. The van der Waals surface area contributed by atoms with Gasteiger partial charge in [0.1, 0.15) is 6.33 Å². The average Bonchev–Trinajstić information content (AvgIpc) is 3.09. The van der Waals surface area contributed by atoms with Gasteiger partial charge in [0.15, 0.2) is 0 Å². The van der Waals surface area contributed by atoms with Gasteiger partial charge in [-0.15, -0.1) is 5.10 Å². The fourth-order valence-corrected chi connectivity index (χ4v) is 2.01. The monoisotopic (exact) mass is 288 g/mol. The van der Waals surface area contributed by atoms with E-state index in [9.17, 15) is 4.79 Å². The average molecular weight is 288 g/mol. The van der Waals surface area contributed by atoms with E-state index in [4.69, 9.17) is 0 Å². The molecule has 21 heavy (non-hydrogen) atoms. The first kappa shape index (κ1) is 13.4. The van der Waals surface area contributed by atoms with Crippen LogP contribution in [0.2, 0.25) is 0 Å². The molecule has 0 radical (unpaired) electrons. The molecule has 110 valence electrons. The normalized spacial score (nSPS) is 11.3. The number of rotatable bonds is 6. The summed E-state index contributed by atoms with van der Waals surface area (Å²) in [4.78, 5) is 20.1. The molecule has 0 amide bonds. The Balaban J connectivity index is 1.74. The predicted octanol–water partition coefficient (Wildman–Crippen LogP) is -0.443. The van der Waals surface area contributed by atoms with Gasteiger partial charge in [-0.05, 0) is 13.0 Å². The number of H-pyrrole nitrogens is 1. The molecular weight excluding hydrogens is 272 g/mol. The van der Waals surface area contributed by atoms with Crippen molar-refractivity contribution < 1.29 is 0 Å². The number of fused-ring (bicyclic) bond motifs is 1. The van der Waals surface area contributed by atoms with Crippen LogP contribution in [0.4, 0.5) is 0 Å². The second kappa shape index (κ2) is 5.83. The van der Waals surface area contributed by atoms with Crippen molar-refractivity contribution in [3.63, 3.8) is 0 Å². The third-order valence-corrected chi connectivity index (χ3v) is 2.96. The Morgan fingerprint density at radius 1 is 1.38 bits per heavy atom. The lowest BCUT2D eigenvalue weighted by Gasteiger charge is -2.00. The zero-order chi connectivity index (χ0) is 14.7. The van der Waals surface area contributed by atoms with E-state index < -0.39 is 0 Å². The molecule has 3 heterocycles. The summed E-state index contributed by atoms with van der Waals surface area (Å²) in [5.74, 6) is 0.349. The largest absolute Gasteiger partial charge is 0.311 e. The summed E-state index contributed by atoms with van der Waals surface area (Å²) < 4.78 is 2.94. The standard InChI is InChI=1S/C12H16N8O/c1-2-3-13-5-10-7-19(18-17-10)6-9-4-11(21)20-12(16-9)14-8-15-20/h4,7-8,13H,2-3,5-6H2,1H3,(H,14,15,16). The number of hydrogen-bond acceptors (Lipinski definition) is 6. The Hall–Kier alpha value is -2.55. The molecule has 0 bridgehead atoms. The Bertz CT molecular complexity index is 786. The molecule has 0 atom stereocenters. The van der Waals surface area contributed by atoms with E-state index in [1.165, 1.54) is 16.9 Å². The molecular formula is C12H16N8O. The fraction of sp³-hybridized carbons (Fsp3) is 0.417. The highest BCUT2D eigenvalue weighted by molar-refractivity contribution is 5.26. The highest BCUT2D eigenvalue weighted by Gasteiger charge is 2.06. The van der Waals surface area contributed by atoms with E-state index in [2.05, 4.69) is 37.6 Å². The van der Waals surface area contributed by atoms with Gasteiger partial charge in [0.05, 0.1) is 24.1 Å². The Labute approximate surface area is 120 Å². The van der Waals surface area contributed by atoms with Crippen LogP contribution in [0.3, 0.4) is 0 Å². The molecule has 0 saturated carbocycles. The maximum atomic E-state index is 11.8. The van der Waals surface area contributed by atoms with Gasteiger partial charge >= 0.3 is 0 Å². The van der Waals surface area contributed by atoms with E-state index in [1.54, 1.807) is 4.68 Å². The summed E-state index contributed by atoms with van der Waals surface area (Å²) in [6.45, 7) is 4.13. The Morgan fingerprint density at radius 3 is 3.14 bits per heavy atom. The van der Waals surface area contributed by atoms with Gasteiger partial charge in [0.25, 0.3) is 11.3 Å². The summed E-state index contributed by atoms with van der Waals surface area (Å²) in [6, 6.07) is 1.46. The van der Waals surface area contributed by atoms with Crippen LogP contribution >= 0.6 is 0 Å². The maximum Gasteiger partial charge on any atom is 0.274 e. The highest BCUT2D eigenvalue weighted by Crippen LogP contribution is 1.99. The topological polar surface area (TPSA) is 106 Å². The highest BCUT2D eigenvalue weighted by atomic mass is 16.1. The first-order valence-corrected chi connectivity index (χ1v) is 6.78. The minimum absolute atomic E-state index is 0.197. The van der Waals surface area contributed by atoms with Gasteiger partial charge in [0.2, 0.25) is 0 Å². The van der Waals surface area contributed by atoms with E-state index in [0.29, 0.717) is 24.6 Å². The van der Waals surface area contributed by atoms with E-state index >= 15 is 0 Å². The van der Waals surface area contributed by atoms with Crippen LogP contribution in [0.1, 0.15) is 24.7 Å². The smallest absolute Gasteiger partial charge is 0.274 e. The fourth-order valence-electron chi connectivity index (χ4n) is 2.01. The molecule has 0 aromatic carbocycles. The van der Waals surface area contributed by atoms with Crippen LogP contribution in [0.25, 0.3) is 5.78 Å². The molecule has 3 aromatic rings. The van der Waals surface area contributed by atoms with Crippen LogP contribution in [0.15, 0.2) is 23.4 Å². The van der Waals surface area contributed by atoms with Gasteiger partial charge < -0.3 is 5.32 Å². The molecule has 0 aliphatic carbocycles. The van der Waals surface area contributed by atoms with Gasteiger partial charge in [-0.3, -0.25) is 9.89 Å². The first-order chi connectivity index (χ1) is 10.3. The predicted molar refractivity (Wildman–Crippen MR) is 74.7 cm³/mol. The maximum absolute atomic E-state index is 11.8.